The van der Waals surface area contributed by atoms with E-state index < -0.39 is 0 Å². The Morgan fingerprint density at radius 3 is 2.63 bits per heavy atom. The molecule has 0 spiro atoms. The summed E-state index contributed by atoms with van der Waals surface area (Å²) in [5.74, 6) is 1.25. The highest BCUT2D eigenvalue weighted by Gasteiger charge is 2.08. The van der Waals surface area contributed by atoms with Gasteiger partial charge >= 0.3 is 0 Å². The number of aliphatic hydroxyl groups excluding tert-OH is 1. The van der Waals surface area contributed by atoms with Crippen LogP contribution in [0.25, 0.3) is 0 Å². The lowest BCUT2D eigenvalue weighted by Gasteiger charge is -2.15. The van der Waals surface area contributed by atoms with E-state index in [4.69, 9.17) is 4.74 Å². The number of aryl methyl sites for hydroxylation is 1. The van der Waals surface area contributed by atoms with Crippen LogP contribution in [0.4, 0.5) is 0 Å². The summed E-state index contributed by atoms with van der Waals surface area (Å²) in [6.45, 7) is 7.25. The van der Waals surface area contributed by atoms with Gasteiger partial charge in [0.1, 0.15) is 0 Å². The van der Waals surface area contributed by atoms with Crippen molar-refractivity contribution in [3.63, 3.8) is 0 Å². The first-order valence-electron chi connectivity index (χ1n) is 7.46. The van der Waals surface area contributed by atoms with Crippen molar-refractivity contribution in [3.05, 3.63) is 23.4 Å². The van der Waals surface area contributed by atoms with E-state index in [0.717, 1.165) is 30.7 Å². The van der Waals surface area contributed by atoms with Gasteiger partial charge in [0.25, 0.3) is 0 Å². The highest BCUT2D eigenvalue weighted by Crippen LogP contribution is 2.17. The molecule has 3 nitrogen and oxygen atoms in total. The molecule has 1 rings (SSSR count). The van der Waals surface area contributed by atoms with Crippen molar-refractivity contribution in [2.45, 2.75) is 59.5 Å². The van der Waals surface area contributed by atoms with Crippen molar-refractivity contribution in [2.75, 3.05) is 6.61 Å². The molecular weight excluding hydrogens is 238 g/mol. The minimum absolute atomic E-state index is 0.0406. The van der Waals surface area contributed by atoms with Crippen LogP contribution in [0.1, 0.15) is 57.7 Å². The van der Waals surface area contributed by atoms with Crippen LogP contribution in [0, 0.1) is 5.92 Å². The summed E-state index contributed by atoms with van der Waals surface area (Å²) >= 11 is 0. The Kier molecular flexibility index (Phi) is 7.49. The summed E-state index contributed by atoms with van der Waals surface area (Å²) in [5, 5.41) is 9.24. The molecule has 0 radical (unpaired) electrons. The summed E-state index contributed by atoms with van der Waals surface area (Å²) in [5.41, 5.74) is 1.85. The van der Waals surface area contributed by atoms with Gasteiger partial charge in [-0.3, -0.25) is 0 Å². The number of ether oxygens (including phenoxy) is 1. The Morgan fingerprint density at radius 2 is 2.05 bits per heavy atom. The van der Waals surface area contributed by atoms with Gasteiger partial charge in [0.15, 0.2) is 0 Å². The first-order chi connectivity index (χ1) is 9.23. The Balaban J connectivity index is 2.60. The van der Waals surface area contributed by atoms with Gasteiger partial charge < -0.3 is 9.84 Å². The van der Waals surface area contributed by atoms with Crippen LogP contribution in [-0.2, 0) is 13.0 Å². The second-order valence-electron chi connectivity index (χ2n) is 5.04. The van der Waals surface area contributed by atoms with Crippen LogP contribution in [0.5, 0.6) is 5.88 Å². The largest absolute Gasteiger partial charge is 0.477 e. The number of aliphatic hydroxyl groups is 1. The third-order valence-electron chi connectivity index (χ3n) is 3.47. The fourth-order valence-corrected chi connectivity index (χ4v) is 2.07. The van der Waals surface area contributed by atoms with Gasteiger partial charge in [-0.05, 0) is 30.4 Å². The minimum atomic E-state index is 0.0406. The fourth-order valence-electron chi connectivity index (χ4n) is 2.07. The lowest BCUT2D eigenvalue weighted by atomic mass is 10.0. The maximum Gasteiger partial charge on any atom is 0.213 e. The van der Waals surface area contributed by atoms with E-state index in [1.807, 2.05) is 12.1 Å². The molecule has 1 unspecified atom stereocenters. The summed E-state index contributed by atoms with van der Waals surface area (Å²) < 4.78 is 5.82. The molecular formula is C16H27NO2. The molecule has 1 N–H and O–H groups in total. The van der Waals surface area contributed by atoms with Gasteiger partial charge in [0.05, 0.1) is 13.2 Å². The Bertz CT molecular complexity index is 344. The molecule has 108 valence electrons. The van der Waals surface area contributed by atoms with Crippen LogP contribution < -0.4 is 4.74 Å². The van der Waals surface area contributed by atoms with Crippen molar-refractivity contribution in [1.29, 1.82) is 0 Å². The molecule has 1 aromatic rings. The van der Waals surface area contributed by atoms with Crippen LogP contribution in [-0.4, -0.2) is 16.7 Å². The van der Waals surface area contributed by atoms with E-state index in [1.54, 1.807) is 0 Å². The molecule has 0 aliphatic rings. The van der Waals surface area contributed by atoms with Crippen LogP contribution in [0.3, 0.4) is 0 Å². The van der Waals surface area contributed by atoms with Gasteiger partial charge in [-0.15, -0.1) is 0 Å². The van der Waals surface area contributed by atoms with Crippen molar-refractivity contribution in [1.82, 2.24) is 4.98 Å². The van der Waals surface area contributed by atoms with E-state index in [0.29, 0.717) is 11.8 Å². The Hall–Kier alpha value is -1.09. The molecule has 0 fully saturated rings. The maximum atomic E-state index is 9.24. The molecule has 0 aromatic carbocycles. The molecule has 0 saturated carbocycles. The van der Waals surface area contributed by atoms with Crippen molar-refractivity contribution in [2.24, 2.45) is 5.92 Å². The SMILES string of the molecule is CCCCC(CC)COc1cc(CO)cc(CC)n1. The maximum absolute atomic E-state index is 9.24. The normalized spacial score (nSPS) is 12.4. The van der Waals surface area contributed by atoms with Crippen molar-refractivity contribution >= 4 is 0 Å². The first-order valence-corrected chi connectivity index (χ1v) is 7.46. The molecule has 0 saturated heterocycles. The summed E-state index contributed by atoms with van der Waals surface area (Å²) in [6.07, 6.45) is 5.70. The molecule has 1 atom stereocenters. The van der Waals surface area contributed by atoms with E-state index >= 15 is 0 Å². The highest BCUT2D eigenvalue weighted by atomic mass is 16.5. The van der Waals surface area contributed by atoms with Crippen molar-refractivity contribution < 1.29 is 9.84 Å². The molecule has 0 bridgehead atoms. The molecule has 0 aliphatic carbocycles. The second-order valence-corrected chi connectivity index (χ2v) is 5.04. The smallest absolute Gasteiger partial charge is 0.213 e. The number of aromatic nitrogens is 1. The number of hydrogen-bond acceptors (Lipinski definition) is 3. The average Bonchev–Trinajstić information content (AvgIpc) is 2.47. The minimum Gasteiger partial charge on any atom is -0.477 e. The van der Waals surface area contributed by atoms with E-state index in [2.05, 4.69) is 25.8 Å². The zero-order valence-corrected chi connectivity index (χ0v) is 12.5. The monoisotopic (exact) mass is 265 g/mol. The third-order valence-corrected chi connectivity index (χ3v) is 3.47. The van der Waals surface area contributed by atoms with Crippen LogP contribution in [0.2, 0.25) is 0 Å². The predicted octanol–water partition coefficient (Wildman–Crippen LogP) is 3.73. The molecule has 3 heteroatoms. The number of unbranched alkanes of at least 4 members (excludes halogenated alkanes) is 1. The second kappa shape index (κ2) is 8.92. The fraction of sp³-hybridized carbons (Fsp3) is 0.688. The quantitative estimate of drug-likeness (QED) is 0.739. The van der Waals surface area contributed by atoms with Crippen molar-refractivity contribution in [3.8, 4) is 5.88 Å². The van der Waals surface area contributed by atoms with Crippen LogP contribution in [0.15, 0.2) is 12.1 Å². The summed E-state index contributed by atoms with van der Waals surface area (Å²) in [7, 11) is 0. The predicted molar refractivity (Wildman–Crippen MR) is 78.3 cm³/mol. The lowest BCUT2D eigenvalue weighted by molar-refractivity contribution is 0.224. The lowest BCUT2D eigenvalue weighted by Crippen LogP contribution is -2.12. The molecule has 1 heterocycles. The Morgan fingerprint density at radius 1 is 1.26 bits per heavy atom. The zero-order chi connectivity index (χ0) is 14.1. The van der Waals surface area contributed by atoms with Gasteiger partial charge in [0.2, 0.25) is 5.88 Å². The van der Waals surface area contributed by atoms with Gasteiger partial charge in [-0.25, -0.2) is 4.98 Å². The molecule has 0 aliphatic heterocycles. The third kappa shape index (κ3) is 5.60. The summed E-state index contributed by atoms with van der Waals surface area (Å²) in [4.78, 5) is 4.45. The number of hydrogen-bond donors (Lipinski definition) is 1. The Labute approximate surface area is 117 Å². The number of nitrogens with zero attached hydrogens (tertiary/aromatic N) is 1. The zero-order valence-electron chi connectivity index (χ0n) is 12.5. The molecule has 1 aromatic heterocycles. The van der Waals surface area contributed by atoms with Gasteiger partial charge in [-0.1, -0.05) is 40.0 Å². The summed E-state index contributed by atoms with van der Waals surface area (Å²) in [6, 6.07) is 3.77. The van der Waals surface area contributed by atoms with E-state index in [1.165, 1.54) is 19.3 Å². The molecule has 0 amide bonds. The standard InChI is InChI=1S/C16H27NO2/c1-4-7-8-13(5-2)12-19-16-10-14(11-18)9-15(6-3)17-16/h9-10,13,18H,4-8,11-12H2,1-3H3. The van der Waals surface area contributed by atoms with Gasteiger partial charge in [-0.2, -0.15) is 0 Å². The van der Waals surface area contributed by atoms with E-state index in [9.17, 15) is 5.11 Å². The van der Waals surface area contributed by atoms with Crippen LogP contribution >= 0.6 is 0 Å². The molecule has 19 heavy (non-hydrogen) atoms. The first kappa shape index (κ1) is 16.0. The average molecular weight is 265 g/mol. The number of pyridine rings is 1. The topological polar surface area (TPSA) is 42.4 Å². The highest BCUT2D eigenvalue weighted by molar-refractivity contribution is 5.24. The van der Waals surface area contributed by atoms with E-state index in [-0.39, 0.29) is 6.61 Å². The number of rotatable bonds is 9. The van der Waals surface area contributed by atoms with Gasteiger partial charge in [0, 0.05) is 11.8 Å².